The van der Waals surface area contributed by atoms with Crippen LogP contribution < -0.4 is 0 Å². The van der Waals surface area contributed by atoms with Gasteiger partial charge in [0, 0.05) is 13.0 Å². The van der Waals surface area contributed by atoms with Crippen molar-refractivity contribution in [2.24, 2.45) is 0 Å². The maximum absolute atomic E-state index is 12.1. The third-order valence-electron chi connectivity index (χ3n) is 11.4. The van der Waals surface area contributed by atoms with E-state index in [1.54, 1.807) is 6.92 Å². The lowest BCUT2D eigenvalue weighted by molar-refractivity contribution is -0.332. The lowest BCUT2D eigenvalue weighted by Crippen LogP contribution is -2.61. The summed E-state index contributed by atoms with van der Waals surface area (Å²) in [5.41, 5.74) is 0. The molecule has 7 N–H and O–H groups in total. The normalized spacial score (nSPS) is 28.2. The predicted octanol–water partition coefficient (Wildman–Crippen LogP) is 5.35. The second-order valence-corrected chi connectivity index (χ2v) is 16.6. The number of unbranched alkanes of at least 4 members (excludes halogenated alkanes) is 23. The first-order valence-electron chi connectivity index (χ1n) is 23.1. The number of aliphatic hydroxyl groups is 7. The first-order valence-corrected chi connectivity index (χ1v) is 23.1. The van der Waals surface area contributed by atoms with Gasteiger partial charge in [0.15, 0.2) is 12.6 Å². The van der Waals surface area contributed by atoms with Crippen molar-refractivity contribution in [2.75, 3.05) is 33.0 Å². The molecule has 14 heteroatoms. The molecule has 11 unspecified atom stereocenters. The lowest BCUT2D eigenvalue weighted by Gasteiger charge is -2.42. The zero-order valence-corrected chi connectivity index (χ0v) is 36.1. The van der Waals surface area contributed by atoms with Crippen molar-refractivity contribution < 1.29 is 69.0 Å². The molecule has 0 radical (unpaired) electrons. The zero-order chi connectivity index (χ0) is 42.4. The minimum Gasteiger partial charge on any atom is -0.457 e. The summed E-state index contributed by atoms with van der Waals surface area (Å²) in [6.07, 6.45) is 16.0. The van der Waals surface area contributed by atoms with Gasteiger partial charge in [0.2, 0.25) is 0 Å². The van der Waals surface area contributed by atoms with Crippen LogP contribution in [-0.2, 0) is 33.2 Å². The highest BCUT2D eigenvalue weighted by Crippen LogP contribution is 2.26. The Morgan fingerprint density at radius 3 is 1.33 bits per heavy atom. The van der Waals surface area contributed by atoms with Crippen LogP contribution in [-0.4, -0.2) is 142 Å². The standard InChI is InChI=1S/C44H84O14/c1-3-5-6-7-8-9-10-11-12-13-14-15-16-17-18-19-20-21-22-23-24-25-26-27-28-53-30-33(56-36(46)4-2)31-54-43-42(52)40(50)38(48)35(58-43)32-55-44-41(51)39(49)37(47)34(29-45)57-44/h33-35,37-45,47-52H,3-32H2,1-2H3. The first kappa shape index (κ1) is 53.1. The zero-order valence-electron chi connectivity index (χ0n) is 36.1. The Hall–Kier alpha value is -1.01. The van der Waals surface area contributed by atoms with E-state index < -0.39 is 86.7 Å². The van der Waals surface area contributed by atoms with E-state index in [0.29, 0.717) is 6.61 Å². The van der Waals surface area contributed by atoms with Gasteiger partial charge in [-0.25, -0.2) is 0 Å². The number of aliphatic hydroxyl groups excluding tert-OH is 7. The second-order valence-electron chi connectivity index (χ2n) is 16.6. The van der Waals surface area contributed by atoms with Crippen molar-refractivity contribution >= 4 is 5.97 Å². The van der Waals surface area contributed by atoms with Gasteiger partial charge >= 0.3 is 5.97 Å². The van der Waals surface area contributed by atoms with Crippen molar-refractivity contribution in [3.05, 3.63) is 0 Å². The van der Waals surface area contributed by atoms with Crippen LogP contribution in [0.15, 0.2) is 0 Å². The molecule has 2 saturated heterocycles. The van der Waals surface area contributed by atoms with Crippen LogP contribution in [0, 0.1) is 0 Å². The summed E-state index contributed by atoms with van der Waals surface area (Å²) in [6, 6.07) is 0. The van der Waals surface area contributed by atoms with Gasteiger partial charge in [-0.1, -0.05) is 162 Å². The smallest absolute Gasteiger partial charge is 0.305 e. The van der Waals surface area contributed by atoms with Gasteiger partial charge in [-0.15, -0.1) is 0 Å². The highest BCUT2D eigenvalue weighted by molar-refractivity contribution is 5.69. The Bertz CT molecular complexity index is 975. The van der Waals surface area contributed by atoms with Crippen LogP contribution in [0.3, 0.4) is 0 Å². The van der Waals surface area contributed by atoms with Crippen LogP contribution in [0.25, 0.3) is 0 Å². The average molecular weight is 837 g/mol. The SMILES string of the molecule is CCCCCCCCCCCCCCCCCCCCCCCCCCOCC(COC1OC(COC2OC(CO)C(O)C(O)C2O)C(O)C(O)C1O)OC(=O)CC. The third kappa shape index (κ3) is 22.2. The average Bonchev–Trinajstić information content (AvgIpc) is 3.22. The fraction of sp³-hybridized carbons (Fsp3) is 0.977. The molecule has 58 heavy (non-hydrogen) atoms. The molecule has 2 aliphatic rings. The molecule has 344 valence electrons. The van der Waals surface area contributed by atoms with Crippen LogP contribution in [0.4, 0.5) is 0 Å². The van der Waals surface area contributed by atoms with Gasteiger partial charge in [-0.3, -0.25) is 4.79 Å². The number of esters is 1. The van der Waals surface area contributed by atoms with E-state index in [1.165, 1.54) is 135 Å². The molecule has 2 fully saturated rings. The van der Waals surface area contributed by atoms with Crippen LogP contribution in [0.5, 0.6) is 0 Å². The number of carbonyl (C=O) groups excluding carboxylic acids is 1. The van der Waals surface area contributed by atoms with Crippen molar-refractivity contribution in [2.45, 2.75) is 242 Å². The highest BCUT2D eigenvalue weighted by atomic mass is 16.7. The molecule has 0 bridgehead atoms. The Morgan fingerprint density at radius 1 is 0.500 bits per heavy atom. The number of hydrogen-bond acceptors (Lipinski definition) is 14. The van der Waals surface area contributed by atoms with E-state index >= 15 is 0 Å². The summed E-state index contributed by atoms with van der Waals surface area (Å²) in [5.74, 6) is -0.460. The largest absolute Gasteiger partial charge is 0.457 e. The number of ether oxygens (including phenoxy) is 6. The third-order valence-corrected chi connectivity index (χ3v) is 11.4. The van der Waals surface area contributed by atoms with Crippen molar-refractivity contribution in [3.8, 4) is 0 Å². The van der Waals surface area contributed by atoms with Crippen LogP contribution >= 0.6 is 0 Å². The molecule has 11 atom stereocenters. The molecule has 0 aromatic heterocycles. The van der Waals surface area contributed by atoms with Gasteiger partial charge in [0.1, 0.15) is 54.9 Å². The number of hydrogen-bond donors (Lipinski definition) is 7. The van der Waals surface area contributed by atoms with Gasteiger partial charge in [0.25, 0.3) is 0 Å². The molecule has 0 saturated carbocycles. The van der Waals surface area contributed by atoms with E-state index in [9.17, 15) is 40.5 Å². The molecule has 0 aromatic carbocycles. The summed E-state index contributed by atoms with van der Waals surface area (Å²) in [4.78, 5) is 12.1. The summed E-state index contributed by atoms with van der Waals surface area (Å²) in [7, 11) is 0. The minimum absolute atomic E-state index is 0.0583. The number of rotatable bonds is 36. The quantitative estimate of drug-likeness (QED) is 0.0313. The highest BCUT2D eigenvalue weighted by Gasteiger charge is 2.47. The summed E-state index contributed by atoms with van der Waals surface area (Å²) < 4.78 is 33.4. The van der Waals surface area contributed by atoms with E-state index in [1.807, 2.05) is 0 Å². The first-order chi connectivity index (χ1) is 28.1. The molecular formula is C44H84O14. The fourth-order valence-corrected chi connectivity index (χ4v) is 7.56. The van der Waals surface area contributed by atoms with E-state index in [4.69, 9.17) is 28.4 Å². The lowest BCUT2D eigenvalue weighted by atomic mass is 9.98. The predicted molar refractivity (Wildman–Crippen MR) is 220 cm³/mol. The van der Waals surface area contributed by atoms with Crippen molar-refractivity contribution in [3.63, 3.8) is 0 Å². The van der Waals surface area contributed by atoms with Crippen molar-refractivity contribution in [1.82, 2.24) is 0 Å². The molecule has 2 heterocycles. The van der Waals surface area contributed by atoms with E-state index in [-0.39, 0.29) is 19.6 Å². The monoisotopic (exact) mass is 837 g/mol. The Labute approximate surface area is 349 Å². The van der Waals surface area contributed by atoms with Crippen LogP contribution in [0.2, 0.25) is 0 Å². The van der Waals surface area contributed by atoms with Gasteiger partial charge < -0.3 is 64.2 Å². The summed E-state index contributed by atoms with van der Waals surface area (Å²) in [5, 5.41) is 71.2. The van der Waals surface area contributed by atoms with Crippen LogP contribution in [0.1, 0.15) is 174 Å². The van der Waals surface area contributed by atoms with Gasteiger partial charge in [-0.2, -0.15) is 0 Å². The summed E-state index contributed by atoms with van der Waals surface area (Å²) in [6.45, 7) is 3.13. The second kappa shape index (κ2) is 33.6. The molecule has 0 amide bonds. The molecule has 0 aliphatic carbocycles. The Kier molecular flexibility index (Phi) is 30.8. The molecule has 2 rings (SSSR count). The minimum atomic E-state index is -1.70. The molecule has 14 nitrogen and oxygen atoms in total. The Morgan fingerprint density at radius 2 is 0.897 bits per heavy atom. The maximum atomic E-state index is 12.1. The molecule has 0 aromatic rings. The molecule has 2 aliphatic heterocycles. The van der Waals surface area contributed by atoms with Crippen molar-refractivity contribution in [1.29, 1.82) is 0 Å². The van der Waals surface area contributed by atoms with Gasteiger partial charge in [-0.05, 0) is 6.42 Å². The number of carbonyl (C=O) groups is 1. The summed E-state index contributed by atoms with van der Waals surface area (Å²) >= 11 is 0. The van der Waals surface area contributed by atoms with E-state index in [0.717, 1.165) is 19.3 Å². The maximum Gasteiger partial charge on any atom is 0.305 e. The topological polar surface area (TPSA) is 214 Å². The fourth-order valence-electron chi connectivity index (χ4n) is 7.56. The van der Waals surface area contributed by atoms with E-state index in [2.05, 4.69) is 6.92 Å². The molecular weight excluding hydrogens is 752 g/mol. The Balaban J connectivity index is 1.51. The molecule has 0 spiro atoms. The van der Waals surface area contributed by atoms with Gasteiger partial charge in [0.05, 0.1) is 26.4 Å².